The van der Waals surface area contributed by atoms with Crippen LogP contribution in [0.25, 0.3) is 0 Å². The number of benzene rings is 1. The van der Waals surface area contributed by atoms with E-state index in [2.05, 4.69) is 4.98 Å². The van der Waals surface area contributed by atoms with Crippen molar-refractivity contribution < 1.29 is 14.3 Å². The number of nitrogens with zero attached hydrogens (tertiary/aromatic N) is 2. The molecule has 0 radical (unpaired) electrons. The average Bonchev–Trinajstić information content (AvgIpc) is 3.31. The second-order valence-corrected chi connectivity index (χ2v) is 6.64. The van der Waals surface area contributed by atoms with Gasteiger partial charge in [0, 0.05) is 30.4 Å². The molecule has 1 amide bonds. The van der Waals surface area contributed by atoms with E-state index in [0.717, 1.165) is 23.3 Å². The second kappa shape index (κ2) is 7.04. The molecule has 2 atom stereocenters. The smallest absolute Gasteiger partial charge is 0.227 e. The summed E-state index contributed by atoms with van der Waals surface area (Å²) < 4.78 is 5.43. The van der Waals surface area contributed by atoms with Crippen LogP contribution in [0.1, 0.15) is 29.2 Å². The normalized spacial score (nSPS) is 18.5. The number of rotatable bonds is 6. The molecular formula is C21H20N2O3. The molecule has 132 valence electrons. The lowest BCUT2D eigenvalue weighted by Gasteiger charge is -2.22. The molecule has 2 heterocycles. The molecule has 1 aliphatic carbocycles. The Balaban J connectivity index is 1.53. The number of pyridine rings is 1. The van der Waals surface area contributed by atoms with Crippen LogP contribution in [0.4, 0.5) is 0 Å². The summed E-state index contributed by atoms with van der Waals surface area (Å²) in [5, 5.41) is 10.1. The quantitative estimate of drug-likeness (QED) is 0.737. The van der Waals surface area contributed by atoms with Crippen molar-refractivity contribution in [1.29, 1.82) is 0 Å². The van der Waals surface area contributed by atoms with Crippen molar-refractivity contribution in [1.82, 2.24) is 9.88 Å². The SMILES string of the molecule is O=C(C1CC1c1cccnc1)N(Cc1ccco1)Cc1ccccc1O. The number of carbonyl (C=O) groups excluding carboxylic acids is 1. The fraction of sp³-hybridized carbons (Fsp3) is 0.238. The van der Waals surface area contributed by atoms with Crippen molar-refractivity contribution >= 4 is 5.91 Å². The van der Waals surface area contributed by atoms with Crippen LogP contribution >= 0.6 is 0 Å². The summed E-state index contributed by atoms with van der Waals surface area (Å²) in [6, 6.07) is 14.7. The molecule has 0 spiro atoms. The van der Waals surface area contributed by atoms with Crippen molar-refractivity contribution in [2.75, 3.05) is 0 Å². The predicted molar refractivity (Wildman–Crippen MR) is 96.2 cm³/mol. The average molecular weight is 348 g/mol. The minimum atomic E-state index is -0.0417. The summed E-state index contributed by atoms with van der Waals surface area (Å²) in [6.45, 7) is 0.735. The van der Waals surface area contributed by atoms with Gasteiger partial charge in [-0.05, 0) is 42.2 Å². The van der Waals surface area contributed by atoms with Gasteiger partial charge in [-0.25, -0.2) is 0 Å². The number of carbonyl (C=O) groups is 1. The lowest BCUT2D eigenvalue weighted by atomic mass is 10.1. The summed E-state index contributed by atoms with van der Waals surface area (Å²) in [5.74, 6) is 1.19. The van der Waals surface area contributed by atoms with E-state index in [1.807, 2.05) is 42.6 Å². The Bertz CT molecular complexity index is 877. The van der Waals surface area contributed by atoms with Crippen molar-refractivity contribution in [2.24, 2.45) is 5.92 Å². The van der Waals surface area contributed by atoms with Crippen LogP contribution in [0.3, 0.4) is 0 Å². The maximum atomic E-state index is 13.1. The minimum Gasteiger partial charge on any atom is -0.508 e. The standard InChI is InChI=1S/C21H20N2O3/c24-20-8-2-1-5-16(20)13-23(14-17-7-4-10-26-17)21(25)19-11-18(19)15-6-3-9-22-12-15/h1-10,12,18-19,24H,11,13-14H2. The zero-order chi connectivity index (χ0) is 17.9. The molecule has 1 N–H and O–H groups in total. The molecule has 5 nitrogen and oxygen atoms in total. The Kier molecular flexibility index (Phi) is 4.44. The number of phenols is 1. The molecule has 1 aliphatic rings. The zero-order valence-corrected chi connectivity index (χ0v) is 14.3. The largest absolute Gasteiger partial charge is 0.508 e. The van der Waals surface area contributed by atoms with Gasteiger partial charge in [0.15, 0.2) is 0 Å². The molecule has 1 fully saturated rings. The molecule has 0 aliphatic heterocycles. The molecule has 2 unspecified atom stereocenters. The topological polar surface area (TPSA) is 66.6 Å². The Morgan fingerprint density at radius 1 is 1.15 bits per heavy atom. The molecule has 1 saturated carbocycles. The maximum absolute atomic E-state index is 13.1. The lowest BCUT2D eigenvalue weighted by Crippen LogP contribution is -2.31. The Morgan fingerprint density at radius 2 is 2.04 bits per heavy atom. The van der Waals surface area contributed by atoms with Crippen molar-refractivity contribution in [3.05, 3.63) is 84.1 Å². The molecule has 3 aromatic rings. The van der Waals surface area contributed by atoms with Gasteiger partial charge < -0.3 is 14.4 Å². The number of furan rings is 1. The molecular weight excluding hydrogens is 328 g/mol. The highest BCUT2D eigenvalue weighted by molar-refractivity contribution is 5.83. The van der Waals surface area contributed by atoms with E-state index in [4.69, 9.17) is 4.42 Å². The number of amides is 1. The first-order valence-corrected chi connectivity index (χ1v) is 8.70. The molecule has 4 rings (SSSR count). The van der Waals surface area contributed by atoms with Crippen LogP contribution in [0.5, 0.6) is 5.75 Å². The number of hydrogen-bond donors (Lipinski definition) is 1. The Morgan fingerprint density at radius 3 is 2.77 bits per heavy atom. The zero-order valence-electron chi connectivity index (χ0n) is 14.3. The molecule has 0 saturated heterocycles. The summed E-state index contributed by atoms with van der Waals surface area (Å²) in [5.41, 5.74) is 1.83. The van der Waals surface area contributed by atoms with Gasteiger partial charge in [-0.1, -0.05) is 24.3 Å². The summed E-state index contributed by atoms with van der Waals surface area (Å²) in [6.07, 6.45) is 6.01. The van der Waals surface area contributed by atoms with Gasteiger partial charge in [-0.2, -0.15) is 0 Å². The molecule has 1 aromatic carbocycles. The number of aromatic hydroxyl groups is 1. The first kappa shape index (κ1) is 16.4. The highest BCUT2D eigenvalue weighted by atomic mass is 16.3. The monoisotopic (exact) mass is 348 g/mol. The summed E-state index contributed by atoms with van der Waals surface area (Å²) >= 11 is 0. The van der Waals surface area contributed by atoms with Crippen LogP contribution in [0, 0.1) is 5.92 Å². The van der Waals surface area contributed by atoms with Crippen LogP contribution in [0.2, 0.25) is 0 Å². The van der Waals surface area contributed by atoms with Gasteiger partial charge in [-0.3, -0.25) is 9.78 Å². The van der Waals surface area contributed by atoms with E-state index in [-0.39, 0.29) is 23.5 Å². The van der Waals surface area contributed by atoms with Crippen LogP contribution < -0.4 is 0 Å². The van der Waals surface area contributed by atoms with Gasteiger partial charge in [-0.15, -0.1) is 0 Å². The third kappa shape index (κ3) is 3.47. The molecule has 26 heavy (non-hydrogen) atoms. The van der Waals surface area contributed by atoms with Gasteiger partial charge in [0.05, 0.1) is 12.8 Å². The van der Waals surface area contributed by atoms with E-state index >= 15 is 0 Å². The Labute approximate surface area is 151 Å². The van der Waals surface area contributed by atoms with Gasteiger partial charge >= 0.3 is 0 Å². The second-order valence-electron chi connectivity index (χ2n) is 6.64. The summed E-state index contributed by atoms with van der Waals surface area (Å²) in [4.78, 5) is 19.0. The third-order valence-corrected chi connectivity index (χ3v) is 4.81. The first-order chi connectivity index (χ1) is 12.7. The third-order valence-electron chi connectivity index (χ3n) is 4.81. The van der Waals surface area contributed by atoms with E-state index < -0.39 is 0 Å². The predicted octanol–water partition coefficient (Wildman–Crippen LogP) is 3.71. The van der Waals surface area contributed by atoms with Crippen molar-refractivity contribution in [3.8, 4) is 5.75 Å². The van der Waals surface area contributed by atoms with E-state index in [0.29, 0.717) is 13.1 Å². The van der Waals surface area contributed by atoms with Gasteiger partial charge in [0.2, 0.25) is 5.91 Å². The highest BCUT2D eigenvalue weighted by Gasteiger charge is 2.46. The van der Waals surface area contributed by atoms with Crippen molar-refractivity contribution in [3.63, 3.8) is 0 Å². The number of aromatic nitrogens is 1. The number of phenolic OH excluding ortho intramolecular Hbond substituents is 1. The minimum absolute atomic E-state index is 0.0417. The lowest BCUT2D eigenvalue weighted by molar-refractivity contribution is -0.134. The van der Waals surface area contributed by atoms with Gasteiger partial charge in [0.25, 0.3) is 0 Å². The van der Waals surface area contributed by atoms with E-state index in [1.54, 1.807) is 29.5 Å². The number of para-hydroxylation sites is 1. The molecule has 2 aromatic heterocycles. The van der Waals surface area contributed by atoms with Gasteiger partial charge in [0.1, 0.15) is 11.5 Å². The van der Waals surface area contributed by atoms with Crippen LogP contribution in [0.15, 0.2) is 71.6 Å². The van der Waals surface area contributed by atoms with Crippen molar-refractivity contribution in [2.45, 2.75) is 25.4 Å². The number of hydrogen-bond acceptors (Lipinski definition) is 4. The fourth-order valence-electron chi connectivity index (χ4n) is 3.32. The van der Waals surface area contributed by atoms with E-state index in [1.165, 1.54) is 0 Å². The Hall–Kier alpha value is -3.08. The van der Waals surface area contributed by atoms with Crippen LogP contribution in [-0.2, 0) is 17.9 Å². The maximum Gasteiger partial charge on any atom is 0.227 e. The first-order valence-electron chi connectivity index (χ1n) is 8.70. The molecule has 5 heteroatoms. The molecule has 0 bridgehead atoms. The van der Waals surface area contributed by atoms with Crippen LogP contribution in [-0.4, -0.2) is 20.9 Å². The fourth-order valence-corrected chi connectivity index (χ4v) is 3.32. The van der Waals surface area contributed by atoms with E-state index in [9.17, 15) is 9.90 Å². The highest BCUT2D eigenvalue weighted by Crippen LogP contribution is 2.48. The summed E-state index contributed by atoms with van der Waals surface area (Å²) in [7, 11) is 0.